The molecule has 0 spiro atoms. The largest absolute Gasteiger partial charge is 0.490 e. The number of nitrogens with zero attached hydrogens (tertiary/aromatic N) is 1. The maximum atomic E-state index is 5.46. The molecule has 1 aliphatic rings. The zero-order valence-corrected chi connectivity index (χ0v) is 11.1. The van der Waals surface area contributed by atoms with E-state index in [0.717, 1.165) is 18.8 Å². The van der Waals surface area contributed by atoms with E-state index < -0.39 is 0 Å². The molecule has 1 heterocycles. The number of hydrogen-bond donors (Lipinski definition) is 1. The first-order valence-corrected chi connectivity index (χ1v) is 6.52. The highest BCUT2D eigenvalue weighted by Gasteiger charge is 2.18. The molecule has 18 heavy (non-hydrogen) atoms. The lowest BCUT2D eigenvalue weighted by Crippen LogP contribution is -2.30. The van der Waals surface area contributed by atoms with Gasteiger partial charge in [-0.1, -0.05) is 24.8 Å². The van der Waals surface area contributed by atoms with Crippen molar-refractivity contribution in [3.8, 4) is 5.75 Å². The van der Waals surface area contributed by atoms with Crippen molar-refractivity contribution in [3.63, 3.8) is 0 Å². The van der Waals surface area contributed by atoms with Gasteiger partial charge in [-0.25, -0.2) is 0 Å². The predicted octanol–water partition coefficient (Wildman–Crippen LogP) is 2.05. The van der Waals surface area contributed by atoms with Gasteiger partial charge in [0.05, 0.1) is 0 Å². The van der Waals surface area contributed by atoms with Crippen molar-refractivity contribution in [2.24, 2.45) is 0 Å². The number of rotatable bonds is 6. The minimum atomic E-state index is 0.562. The standard InChI is InChI=1S/C15H22N2O/c1-3-10-18-15-6-4-13(5-7-15)11-16-14-8-9-17(2)12-14/h3-7,14,16H,1,8-12H2,2H3. The molecule has 3 heteroatoms. The van der Waals surface area contributed by atoms with E-state index in [1.165, 1.54) is 18.5 Å². The van der Waals surface area contributed by atoms with Crippen LogP contribution in [0.25, 0.3) is 0 Å². The fraction of sp³-hybridized carbons (Fsp3) is 0.467. The molecule has 3 nitrogen and oxygen atoms in total. The Morgan fingerprint density at radius 3 is 2.83 bits per heavy atom. The summed E-state index contributed by atoms with van der Waals surface area (Å²) in [5, 5.41) is 3.59. The monoisotopic (exact) mass is 246 g/mol. The summed E-state index contributed by atoms with van der Waals surface area (Å²) in [6.45, 7) is 7.48. The Morgan fingerprint density at radius 1 is 1.44 bits per heavy atom. The van der Waals surface area contributed by atoms with E-state index in [2.05, 4.69) is 36.0 Å². The van der Waals surface area contributed by atoms with Crippen molar-refractivity contribution in [3.05, 3.63) is 42.5 Å². The lowest BCUT2D eigenvalue weighted by Gasteiger charge is -2.13. The van der Waals surface area contributed by atoms with E-state index in [0.29, 0.717) is 12.6 Å². The molecule has 1 unspecified atom stereocenters. The highest BCUT2D eigenvalue weighted by Crippen LogP contribution is 2.13. The molecule has 98 valence electrons. The van der Waals surface area contributed by atoms with Gasteiger partial charge in [-0.2, -0.15) is 0 Å². The molecule has 0 radical (unpaired) electrons. The van der Waals surface area contributed by atoms with Crippen LogP contribution in [0.15, 0.2) is 36.9 Å². The third-order valence-electron chi connectivity index (χ3n) is 3.28. The summed E-state index contributed by atoms with van der Waals surface area (Å²) in [6.07, 6.45) is 3.00. The zero-order valence-electron chi connectivity index (χ0n) is 11.1. The number of hydrogen-bond acceptors (Lipinski definition) is 3. The van der Waals surface area contributed by atoms with E-state index in [1.54, 1.807) is 6.08 Å². The predicted molar refractivity (Wildman–Crippen MR) is 74.9 cm³/mol. The van der Waals surface area contributed by atoms with Gasteiger partial charge in [0, 0.05) is 19.1 Å². The van der Waals surface area contributed by atoms with Gasteiger partial charge >= 0.3 is 0 Å². The summed E-state index contributed by atoms with van der Waals surface area (Å²) < 4.78 is 5.46. The lowest BCUT2D eigenvalue weighted by atomic mass is 10.2. The molecular weight excluding hydrogens is 224 g/mol. The lowest BCUT2D eigenvalue weighted by molar-refractivity contribution is 0.363. The fourth-order valence-corrected chi connectivity index (χ4v) is 2.22. The van der Waals surface area contributed by atoms with Crippen LogP contribution in [-0.4, -0.2) is 37.7 Å². The molecule has 0 bridgehead atoms. The molecule has 0 aromatic heterocycles. The van der Waals surface area contributed by atoms with Crippen molar-refractivity contribution in [2.75, 3.05) is 26.7 Å². The molecule has 0 amide bonds. The van der Waals surface area contributed by atoms with Crippen molar-refractivity contribution < 1.29 is 4.74 Å². The number of benzene rings is 1. The topological polar surface area (TPSA) is 24.5 Å². The Morgan fingerprint density at radius 2 is 2.22 bits per heavy atom. The minimum Gasteiger partial charge on any atom is -0.490 e. The van der Waals surface area contributed by atoms with Crippen LogP contribution in [0.4, 0.5) is 0 Å². The Labute approximate surface area is 109 Å². The highest BCUT2D eigenvalue weighted by molar-refractivity contribution is 5.27. The van der Waals surface area contributed by atoms with Crippen molar-refractivity contribution in [1.82, 2.24) is 10.2 Å². The first-order valence-electron chi connectivity index (χ1n) is 6.52. The molecule has 1 aliphatic heterocycles. The van der Waals surface area contributed by atoms with Crippen molar-refractivity contribution in [2.45, 2.75) is 19.0 Å². The first kappa shape index (κ1) is 13.1. The van der Waals surface area contributed by atoms with E-state index in [4.69, 9.17) is 4.74 Å². The van der Waals surface area contributed by atoms with Crippen molar-refractivity contribution >= 4 is 0 Å². The zero-order chi connectivity index (χ0) is 12.8. The minimum absolute atomic E-state index is 0.562. The van der Waals surface area contributed by atoms with Gasteiger partial charge in [0.1, 0.15) is 12.4 Å². The van der Waals surface area contributed by atoms with Gasteiger partial charge < -0.3 is 15.0 Å². The Hall–Kier alpha value is -1.32. The summed E-state index contributed by atoms with van der Waals surface area (Å²) in [5.41, 5.74) is 1.30. The number of ether oxygens (including phenoxy) is 1. The maximum absolute atomic E-state index is 5.46. The molecule has 1 saturated heterocycles. The normalized spacial score (nSPS) is 19.9. The molecule has 2 rings (SSSR count). The van der Waals surface area contributed by atoms with E-state index in [1.807, 2.05) is 12.1 Å². The van der Waals surface area contributed by atoms with Gasteiger partial charge in [-0.05, 0) is 37.7 Å². The van der Waals surface area contributed by atoms with Gasteiger partial charge in [-0.15, -0.1) is 0 Å². The second kappa shape index (κ2) is 6.57. The first-order chi connectivity index (χ1) is 8.78. The van der Waals surface area contributed by atoms with Crippen LogP contribution < -0.4 is 10.1 Å². The average molecular weight is 246 g/mol. The maximum Gasteiger partial charge on any atom is 0.119 e. The molecule has 1 atom stereocenters. The van der Waals surface area contributed by atoms with Crippen LogP contribution >= 0.6 is 0 Å². The van der Waals surface area contributed by atoms with Crippen LogP contribution in [0.1, 0.15) is 12.0 Å². The number of likely N-dealkylation sites (N-methyl/N-ethyl adjacent to an activating group) is 1. The van der Waals surface area contributed by atoms with E-state index >= 15 is 0 Å². The van der Waals surface area contributed by atoms with Crippen LogP contribution in [-0.2, 0) is 6.54 Å². The van der Waals surface area contributed by atoms with Crippen LogP contribution in [0.5, 0.6) is 5.75 Å². The SMILES string of the molecule is C=CCOc1ccc(CNC2CCN(C)C2)cc1. The molecule has 1 aromatic carbocycles. The number of likely N-dealkylation sites (tertiary alicyclic amines) is 1. The fourth-order valence-electron chi connectivity index (χ4n) is 2.22. The third-order valence-corrected chi connectivity index (χ3v) is 3.28. The van der Waals surface area contributed by atoms with Crippen LogP contribution in [0.2, 0.25) is 0 Å². The Bertz CT molecular complexity index is 375. The van der Waals surface area contributed by atoms with Gasteiger partial charge in [0.25, 0.3) is 0 Å². The summed E-state index contributed by atoms with van der Waals surface area (Å²) >= 11 is 0. The average Bonchev–Trinajstić information content (AvgIpc) is 2.81. The summed E-state index contributed by atoms with van der Waals surface area (Å²) in [6, 6.07) is 8.89. The smallest absolute Gasteiger partial charge is 0.119 e. The molecule has 1 N–H and O–H groups in total. The Balaban J connectivity index is 1.77. The molecule has 1 aromatic rings. The van der Waals surface area contributed by atoms with Crippen molar-refractivity contribution in [1.29, 1.82) is 0 Å². The molecule has 0 saturated carbocycles. The number of nitrogens with one attached hydrogen (secondary N) is 1. The molecule has 0 aliphatic carbocycles. The summed E-state index contributed by atoms with van der Waals surface area (Å²) in [7, 11) is 2.17. The quantitative estimate of drug-likeness (QED) is 0.777. The van der Waals surface area contributed by atoms with Gasteiger partial charge in [0.2, 0.25) is 0 Å². The third kappa shape index (κ3) is 3.86. The second-order valence-electron chi connectivity index (χ2n) is 4.87. The van der Waals surface area contributed by atoms with E-state index in [9.17, 15) is 0 Å². The van der Waals surface area contributed by atoms with Crippen LogP contribution in [0.3, 0.4) is 0 Å². The molecular formula is C15H22N2O. The van der Waals surface area contributed by atoms with E-state index in [-0.39, 0.29) is 0 Å². The molecule has 1 fully saturated rings. The van der Waals surface area contributed by atoms with Crippen LogP contribution in [0, 0.1) is 0 Å². The highest BCUT2D eigenvalue weighted by atomic mass is 16.5. The second-order valence-corrected chi connectivity index (χ2v) is 4.87. The van der Waals surface area contributed by atoms with Gasteiger partial charge in [-0.3, -0.25) is 0 Å². The summed E-state index contributed by atoms with van der Waals surface area (Å²) in [5.74, 6) is 0.902. The Kier molecular flexibility index (Phi) is 4.79. The van der Waals surface area contributed by atoms with Gasteiger partial charge in [0.15, 0.2) is 0 Å². The summed E-state index contributed by atoms with van der Waals surface area (Å²) in [4.78, 5) is 2.36.